The maximum absolute atomic E-state index is 12.4. The average Bonchev–Trinajstić information content (AvgIpc) is 2.82. The van der Waals surface area contributed by atoms with Crippen LogP contribution in [0.3, 0.4) is 0 Å². The molecule has 0 saturated carbocycles. The van der Waals surface area contributed by atoms with Crippen LogP contribution in [0.25, 0.3) is 0 Å². The van der Waals surface area contributed by atoms with Gasteiger partial charge in [-0.3, -0.25) is 0 Å². The van der Waals surface area contributed by atoms with Crippen LogP contribution in [0, 0.1) is 13.8 Å². The Morgan fingerprint density at radius 1 is 1.21 bits per heavy atom. The van der Waals surface area contributed by atoms with Gasteiger partial charge < -0.3 is 9.26 Å². The molecule has 19 heavy (non-hydrogen) atoms. The Balaban J connectivity index is 1.79. The van der Waals surface area contributed by atoms with Gasteiger partial charge in [-0.15, -0.1) is 0 Å². The third kappa shape index (κ3) is 2.42. The summed E-state index contributed by atoms with van der Waals surface area (Å²) in [5.74, 6) is 0.333. The second-order valence-electron chi connectivity index (χ2n) is 5.40. The number of rotatable bonds is 3. The molecule has 0 amide bonds. The number of nitrogens with zero attached hydrogens (tertiary/aromatic N) is 1. The molecular weight excluding hydrogens is 268 g/mol. The van der Waals surface area contributed by atoms with Crippen molar-refractivity contribution in [2.45, 2.75) is 62.7 Å². The molecule has 0 radical (unpaired) electrons. The van der Waals surface area contributed by atoms with E-state index in [2.05, 4.69) is 9.88 Å². The van der Waals surface area contributed by atoms with Crippen molar-refractivity contribution in [3.8, 4) is 0 Å². The van der Waals surface area contributed by atoms with E-state index in [0.29, 0.717) is 11.5 Å². The summed E-state index contributed by atoms with van der Waals surface area (Å²) in [6.45, 7) is 3.25. The quantitative estimate of drug-likeness (QED) is 0.905. The molecule has 106 valence electrons. The Labute approximate surface area is 112 Å². The van der Waals surface area contributed by atoms with Crippen LogP contribution in [0.15, 0.2) is 9.42 Å². The van der Waals surface area contributed by atoms with Gasteiger partial charge in [-0.1, -0.05) is 5.16 Å². The van der Waals surface area contributed by atoms with E-state index in [1.165, 1.54) is 0 Å². The van der Waals surface area contributed by atoms with Crippen LogP contribution in [-0.2, 0) is 14.8 Å². The van der Waals surface area contributed by atoms with Crippen molar-refractivity contribution < 1.29 is 17.7 Å². The molecule has 7 heteroatoms. The zero-order valence-electron chi connectivity index (χ0n) is 11.0. The highest BCUT2D eigenvalue weighted by molar-refractivity contribution is 7.89. The normalized spacial score (nSPS) is 30.7. The van der Waals surface area contributed by atoms with Gasteiger partial charge in [0.1, 0.15) is 10.6 Å². The summed E-state index contributed by atoms with van der Waals surface area (Å²) >= 11 is 0. The van der Waals surface area contributed by atoms with Crippen LogP contribution in [0.5, 0.6) is 0 Å². The van der Waals surface area contributed by atoms with E-state index in [1.54, 1.807) is 13.8 Å². The highest BCUT2D eigenvalue weighted by Crippen LogP contribution is 2.33. The minimum Gasteiger partial charge on any atom is -0.375 e. The fourth-order valence-electron chi connectivity index (χ4n) is 3.09. The molecule has 0 aromatic carbocycles. The monoisotopic (exact) mass is 286 g/mol. The Hall–Kier alpha value is -0.920. The molecule has 1 aromatic rings. The number of aryl methyl sites for hydroxylation is 2. The SMILES string of the molecule is Cc1noc(C)c1S(=O)(=O)NC1CC2CCC(C1)O2. The predicted octanol–water partition coefficient (Wildman–Crippen LogP) is 1.28. The molecule has 3 heterocycles. The zero-order chi connectivity index (χ0) is 13.6. The molecule has 2 unspecified atom stereocenters. The van der Waals surface area contributed by atoms with Crippen LogP contribution in [-0.4, -0.2) is 31.8 Å². The number of fused-ring (bicyclic) bond motifs is 2. The summed E-state index contributed by atoms with van der Waals surface area (Å²) < 4.78 is 38.2. The largest absolute Gasteiger partial charge is 0.375 e. The van der Waals surface area contributed by atoms with Crippen LogP contribution in [0.1, 0.15) is 37.1 Å². The molecule has 2 atom stereocenters. The van der Waals surface area contributed by atoms with E-state index in [1.807, 2.05) is 0 Å². The lowest BCUT2D eigenvalue weighted by Crippen LogP contribution is -2.42. The molecule has 0 aliphatic carbocycles. The number of hydrogen-bond acceptors (Lipinski definition) is 5. The van der Waals surface area contributed by atoms with Gasteiger partial charge in [0.25, 0.3) is 0 Å². The molecule has 2 aliphatic rings. The smallest absolute Gasteiger partial charge is 0.246 e. The molecule has 1 N–H and O–H groups in total. The lowest BCUT2D eigenvalue weighted by Gasteiger charge is -2.28. The van der Waals surface area contributed by atoms with E-state index in [-0.39, 0.29) is 23.1 Å². The maximum atomic E-state index is 12.4. The van der Waals surface area contributed by atoms with Crippen molar-refractivity contribution in [2.24, 2.45) is 0 Å². The molecular formula is C12H18N2O4S. The summed E-state index contributed by atoms with van der Waals surface area (Å²) in [4.78, 5) is 0.173. The van der Waals surface area contributed by atoms with Gasteiger partial charge in [0.2, 0.25) is 10.0 Å². The zero-order valence-corrected chi connectivity index (χ0v) is 11.9. The van der Waals surface area contributed by atoms with Gasteiger partial charge in [-0.25, -0.2) is 13.1 Å². The number of ether oxygens (including phenoxy) is 1. The highest BCUT2D eigenvalue weighted by Gasteiger charge is 2.37. The van der Waals surface area contributed by atoms with Gasteiger partial charge in [0, 0.05) is 6.04 Å². The summed E-state index contributed by atoms with van der Waals surface area (Å²) in [6.07, 6.45) is 3.98. The second kappa shape index (κ2) is 4.57. The summed E-state index contributed by atoms with van der Waals surface area (Å²) in [5.41, 5.74) is 0.403. The van der Waals surface area contributed by atoms with Crippen molar-refractivity contribution >= 4 is 10.0 Å². The van der Waals surface area contributed by atoms with Crippen molar-refractivity contribution in [2.75, 3.05) is 0 Å². The molecule has 2 saturated heterocycles. The van der Waals surface area contributed by atoms with E-state index in [4.69, 9.17) is 9.26 Å². The molecule has 2 bridgehead atoms. The maximum Gasteiger partial charge on any atom is 0.246 e. The Bertz CT molecular complexity index is 549. The number of aromatic nitrogens is 1. The number of nitrogens with one attached hydrogen (secondary N) is 1. The Kier molecular flexibility index (Phi) is 3.15. The third-order valence-corrected chi connectivity index (χ3v) is 5.61. The Morgan fingerprint density at radius 2 is 1.84 bits per heavy atom. The van der Waals surface area contributed by atoms with Crippen molar-refractivity contribution in [1.29, 1.82) is 0 Å². The molecule has 0 spiro atoms. The molecule has 6 nitrogen and oxygen atoms in total. The first kappa shape index (κ1) is 13.1. The minimum atomic E-state index is -3.56. The van der Waals surface area contributed by atoms with E-state index in [9.17, 15) is 8.42 Å². The van der Waals surface area contributed by atoms with E-state index in [0.717, 1.165) is 25.7 Å². The molecule has 1 aromatic heterocycles. The molecule has 2 aliphatic heterocycles. The van der Waals surface area contributed by atoms with Gasteiger partial charge >= 0.3 is 0 Å². The lowest BCUT2D eigenvalue weighted by molar-refractivity contribution is -0.00492. The van der Waals surface area contributed by atoms with Crippen LogP contribution < -0.4 is 4.72 Å². The molecule has 3 rings (SSSR count). The van der Waals surface area contributed by atoms with Crippen LogP contribution in [0.4, 0.5) is 0 Å². The first-order valence-corrected chi connectivity index (χ1v) is 8.04. The van der Waals surface area contributed by atoms with Crippen LogP contribution >= 0.6 is 0 Å². The predicted molar refractivity (Wildman–Crippen MR) is 67.2 cm³/mol. The summed E-state index contributed by atoms with van der Waals surface area (Å²) in [5, 5.41) is 3.70. The highest BCUT2D eigenvalue weighted by atomic mass is 32.2. The number of sulfonamides is 1. The van der Waals surface area contributed by atoms with E-state index < -0.39 is 10.0 Å². The summed E-state index contributed by atoms with van der Waals surface area (Å²) in [6, 6.07) is -0.0510. The van der Waals surface area contributed by atoms with Crippen molar-refractivity contribution in [3.05, 3.63) is 11.5 Å². The van der Waals surface area contributed by atoms with Gasteiger partial charge in [0.15, 0.2) is 5.76 Å². The summed E-state index contributed by atoms with van der Waals surface area (Å²) in [7, 11) is -3.56. The van der Waals surface area contributed by atoms with Crippen molar-refractivity contribution in [1.82, 2.24) is 9.88 Å². The fraction of sp³-hybridized carbons (Fsp3) is 0.750. The fourth-order valence-corrected chi connectivity index (χ4v) is 4.68. The van der Waals surface area contributed by atoms with Gasteiger partial charge in [-0.05, 0) is 39.5 Å². The van der Waals surface area contributed by atoms with E-state index >= 15 is 0 Å². The third-order valence-electron chi connectivity index (χ3n) is 3.85. The first-order chi connectivity index (χ1) is 8.95. The van der Waals surface area contributed by atoms with Gasteiger partial charge in [-0.2, -0.15) is 0 Å². The average molecular weight is 286 g/mol. The number of hydrogen-bond donors (Lipinski definition) is 1. The van der Waals surface area contributed by atoms with Gasteiger partial charge in [0.05, 0.1) is 12.2 Å². The first-order valence-electron chi connectivity index (χ1n) is 6.56. The topological polar surface area (TPSA) is 81.4 Å². The Morgan fingerprint density at radius 3 is 2.37 bits per heavy atom. The van der Waals surface area contributed by atoms with Crippen molar-refractivity contribution in [3.63, 3.8) is 0 Å². The minimum absolute atomic E-state index is 0.0510. The standard InChI is InChI=1S/C12H18N2O4S/c1-7-12(8(2)18-13-7)19(15,16)14-9-5-10-3-4-11(6-9)17-10/h9-11,14H,3-6H2,1-2H3. The molecule has 2 fully saturated rings. The lowest BCUT2D eigenvalue weighted by atomic mass is 10.1. The van der Waals surface area contributed by atoms with Crippen LogP contribution in [0.2, 0.25) is 0 Å². The second-order valence-corrected chi connectivity index (χ2v) is 7.05.